The average Bonchev–Trinajstić information content (AvgIpc) is 2.84. The first-order valence-corrected chi connectivity index (χ1v) is 6.03. The van der Waals surface area contributed by atoms with Crippen LogP contribution in [0.4, 0.5) is 0 Å². The molecule has 0 unspecified atom stereocenters. The van der Waals surface area contributed by atoms with E-state index in [0.717, 1.165) is 5.56 Å². The van der Waals surface area contributed by atoms with Gasteiger partial charge in [-0.05, 0) is 23.8 Å². The minimum absolute atomic E-state index is 0.150. The summed E-state index contributed by atoms with van der Waals surface area (Å²) >= 11 is 7.19. The van der Waals surface area contributed by atoms with E-state index in [-0.39, 0.29) is 5.56 Å². The number of hydrogen-bond donors (Lipinski definition) is 0. The monoisotopic (exact) mass is 263 g/mol. The van der Waals surface area contributed by atoms with Crippen molar-refractivity contribution in [1.82, 2.24) is 14.6 Å². The highest BCUT2D eigenvalue weighted by atomic mass is 35.5. The van der Waals surface area contributed by atoms with Gasteiger partial charge in [0.1, 0.15) is 6.33 Å². The normalized spacial score (nSPS) is 12.4. The van der Waals surface area contributed by atoms with E-state index >= 15 is 0 Å². The molecule has 1 aromatic carbocycles. The summed E-state index contributed by atoms with van der Waals surface area (Å²) in [6.07, 6.45) is 3.16. The fraction of sp³-hybridized carbons (Fsp3) is 0. The summed E-state index contributed by atoms with van der Waals surface area (Å²) in [5.74, 6) is 0. The van der Waals surface area contributed by atoms with Crippen LogP contribution in [0.3, 0.4) is 0 Å². The smallest absolute Gasteiger partial charge is 0.266 e. The molecular weight excluding hydrogens is 258 g/mol. The van der Waals surface area contributed by atoms with Crippen molar-refractivity contribution < 1.29 is 0 Å². The van der Waals surface area contributed by atoms with Crippen LogP contribution in [0.1, 0.15) is 5.56 Å². The van der Waals surface area contributed by atoms with Gasteiger partial charge in [0, 0.05) is 5.02 Å². The summed E-state index contributed by atoms with van der Waals surface area (Å²) in [6, 6.07) is 7.33. The van der Waals surface area contributed by atoms with Crippen LogP contribution in [-0.2, 0) is 0 Å². The Bertz CT molecular complexity index is 793. The Balaban J connectivity index is 2.24. The zero-order chi connectivity index (χ0) is 11.8. The fourth-order valence-electron chi connectivity index (χ4n) is 1.53. The number of hydrogen-bond acceptors (Lipinski definition) is 4. The average molecular weight is 264 g/mol. The summed E-state index contributed by atoms with van der Waals surface area (Å²) in [5.41, 5.74) is 0.738. The molecule has 0 saturated carbocycles. The Kier molecular flexibility index (Phi) is 2.42. The quantitative estimate of drug-likeness (QED) is 0.666. The molecule has 0 atom stereocenters. The van der Waals surface area contributed by atoms with Crippen LogP contribution in [0, 0.1) is 0 Å². The molecule has 0 bridgehead atoms. The molecule has 0 fully saturated rings. The molecule has 4 nitrogen and oxygen atoms in total. The van der Waals surface area contributed by atoms with Crippen LogP contribution in [-0.4, -0.2) is 14.6 Å². The molecule has 0 aliphatic carbocycles. The van der Waals surface area contributed by atoms with Crippen molar-refractivity contribution in [2.45, 2.75) is 0 Å². The molecule has 3 rings (SSSR count). The fourth-order valence-corrected chi connectivity index (χ4v) is 2.61. The predicted molar refractivity (Wildman–Crippen MR) is 67.4 cm³/mol. The lowest BCUT2D eigenvalue weighted by molar-refractivity contribution is 0.932. The largest absolute Gasteiger partial charge is 0.291 e. The molecule has 0 N–H and O–H groups in total. The Morgan fingerprint density at radius 1 is 1.41 bits per heavy atom. The van der Waals surface area contributed by atoms with Crippen molar-refractivity contribution in [3.63, 3.8) is 0 Å². The first-order valence-electron chi connectivity index (χ1n) is 4.84. The van der Waals surface area contributed by atoms with Crippen LogP contribution in [0.5, 0.6) is 0 Å². The molecule has 0 aliphatic heterocycles. The third-order valence-electron chi connectivity index (χ3n) is 2.27. The van der Waals surface area contributed by atoms with Gasteiger partial charge in [-0.25, -0.2) is 4.98 Å². The van der Waals surface area contributed by atoms with Crippen LogP contribution >= 0.6 is 22.9 Å². The number of aromatic nitrogens is 3. The number of nitrogens with zero attached hydrogens (tertiary/aromatic N) is 3. The van der Waals surface area contributed by atoms with Gasteiger partial charge < -0.3 is 0 Å². The molecule has 0 radical (unpaired) electrons. The molecule has 84 valence electrons. The minimum atomic E-state index is -0.150. The zero-order valence-corrected chi connectivity index (χ0v) is 10.1. The first kappa shape index (κ1) is 10.4. The highest BCUT2D eigenvalue weighted by molar-refractivity contribution is 7.15. The maximum absolute atomic E-state index is 11.9. The number of benzene rings is 1. The summed E-state index contributed by atoms with van der Waals surface area (Å²) in [5, 5.41) is 4.50. The van der Waals surface area contributed by atoms with Crippen LogP contribution in [0.25, 0.3) is 11.0 Å². The van der Waals surface area contributed by atoms with Crippen molar-refractivity contribution in [3.8, 4) is 0 Å². The molecule has 0 saturated heterocycles. The van der Waals surface area contributed by atoms with Gasteiger partial charge in [0.2, 0.25) is 4.96 Å². The Hall–Kier alpha value is -1.72. The van der Waals surface area contributed by atoms with Gasteiger partial charge >= 0.3 is 0 Å². The second kappa shape index (κ2) is 3.94. The second-order valence-corrected chi connectivity index (χ2v) is 4.87. The van der Waals surface area contributed by atoms with Gasteiger partial charge in [-0.1, -0.05) is 35.1 Å². The van der Waals surface area contributed by atoms with Gasteiger partial charge in [0.05, 0.1) is 4.53 Å². The van der Waals surface area contributed by atoms with Crippen molar-refractivity contribution >= 4 is 34.0 Å². The number of rotatable bonds is 1. The third-order valence-corrected chi connectivity index (χ3v) is 3.48. The molecule has 17 heavy (non-hydrogen) atoms. The van der Waals surface area contributed by atoms with Crippen LogP contribution < -0.4 is 10.1 Å². The van der Waals surface area contributed by atoms with E-state index in [1.165, 1.54) is 22.2 Å². The topological polar surface area (TPSA) is 47.3 Å². The Labute approximate surface area is 105 Å². The molecule has 6 heteroatoms. The lowest BCUT2D eigenvalue weighted by Gasteiger charge is -1.91. The zero-order valence-electron chi connectivity index (χ0n) is 8.50. The molecule has 0 spiro atoms. The van der Waals surface area contributed by atoms with Gasteiger partial charge in [-0.15, -0.1) is 0 Å². The molecule has 3 aromatic rings. The molecule has 0 amide bonds. The number of halogens is 1. The number of thiazole rings is 1. The predicted octanol–water partition coefficient (Wildman–Crippen LogP) is 1.35. The maximum atomic E-state index is 11.9. The molecular formula is C11H6ClN3OS. The van der Waals surface area contributed by atoms with E-state index in [4.69, 9.17) is 11.6 Å². The van der Waals surface area contributed by atoms with E-state index < -0.39 is 0 Å². The first-order chi connectivity index (χ1) is 8.24. The lowest BCUT2D eigenvalue weighted by Crippen LogP contribution is -2.23. The summed E-state index contributed by atoms with van der Waals surface area (Å²) in [6.45, 7) is 0. The lowest BCUT2D eigenvalue weighted by atomic mass is 10.2. The SMILES string of the molecule is O=c1/c(=C/c2cccc(Cl)c2)sc2ncnn12. The van der Waals surface area contributed by atoms with Crippen LogP contribution in [0.2, 0.25) is 5.02 Å². The van der Waals surface area contributed by atoms with Gasteiger partial charge in [0.25, 0.3) is 5.56 Å². The molecule has 2 aromatic heterocycles. The summed E-state index contributed by atoms with van der Waals surface area (Å²) < 4.78 is 1.89. The van der Waals surface area contributed by atoms with Gasteiger partial charge in [-0.3, -0.25) is 4.79 Å². The van der Waals surface area contributed by atoms with E-state index in [9.17, 15) is 4.79 Å². The van der Waals surface area contributed by atoms with E-state index in [0.29, 0.717) is 14.5 Å². The number of fused-ring (bicyclic) bond motifs is 1. The van der Waals surface area contributed by atoms with Crippen LogP contribution in [0.15, 0.2) is 35.4 Å². The third kappa shape index (κ3) is 1.83. The second-order valence-electron chi connectivity index (χ2n) is 3.43. The minimum Gasteiger partial charge on any atom is -0.266 e. The van der Waals surface area contributed by atoms with Crippen molar-refractivity contribution in [3.05, 3.63) is 56.1 Å². The molecule has 2 heterocycles. The van der Waals surface area contributed by atoms with E-state index in [1.54, 1.807) is 18.2 Å². The van der Waals surface area contributed by atoms with Crippen molar-refractivity contribution in [2.75, 3.05) is 0 Å². The Morgan fingerprint density at radius 3 is 3.06 bits per heavy atom. The highest BCUT2D eigenvalue weighted by Crippen LogP contribution is 2.11. The van der Waals surface area contributed by atoms with Crippen molar-refractivity contribution in [1.29, 1.82) is 0 Å². The standard InChI is InChI=1S/C11H6ClN3OS/c12-8-3-1-2-7(4-8)5-9-10(16)15-11(17-9)13-6-14-15/h1-6H/b9-5-. The van der Waals surface area contributed by atoms with E-state index in [1.807, 2.05) is 12.1 Å². The van der Waals surface area contributed by atoms with Gasteiger partial charge in [-0.2, -0.15) is 9.61 Å². The summed E-state index contributed by atoms with van der Waals surface area (Å²) in [4.78, 5) is 16.5. The highest BCUT2D eigenvalue weighted by Gasteiger charge is 2.04. The van der Waals surface area contributed by atoms with E-state index in [2.05, 4.69) is 10.1 Å². The Morgan fingerprint density at radius 2 is 2.29 bits per heavy atom. The van der Waals surface area contributed by atoms with Gasteiger partial charge in [0.15, 0.2) is 0 Å². The maximum Gasteiger partial charge on any atom is 0.291 e. The summed E-state index contributed by atoms with van der Waals surface area (Å²) in [7, 11) is 0. The van der Waals surface area contributed by atoms with Crippen molar-refractivity contribution in [2.24, 2.45) is 0 Å². The molecule has 0 aliphatic rings.